The second-order valence-corrected chi connectivity index (χ2v) is 6.77. The SMILES string of the molecule is CCCCOc1ccc(-c2csc(NC(=O)CC(C)C)n2)cc1. The zero-order chi connectivity index (χ0) is 16.7. The molecule has 0 atom stereocenters. The number of ether oxygens (including phenoxy) is 1. The molecule has 1 aromatic carbocycles. The number of carbonyl (C=O) groups is 1. The number of amides is 1. The lowest BCUT2D eigenvalue weighted by atomic mass is 10.1. The molecule has 0 aliphatic carbocycles. The van der Waals surface area contributed by atoms with Gasteiger partial charge in [0.25, 0.3) is 0 Å². The minimum absolute atomic E-state index is 0.0144. The fourth-order valence-corrected chi connectivity index (χ4v) is 2.80. The monoisotopic (exact) mass is 332 g/mol. The summed E-state index contributed by atoms with van der Waals surface area (Å²) in [7, 11) is 0. The van der Waals surface area contributed by atoms with Crippen molar-refractivity contribution in [3.8, 4) is 17.0 Å². The highest BCUT2D eigenvalue weighted by Gasteiger charge is 2.09. The largest absolute Gasteiger partial charge is 0.494 e. The third kappa shape index (κ3) is 5.67. The van der Waals surface area contributed by atoms with Crippen molar-refractivity contribution in [1.29, 1.82) is 0 Å². The van der Waals surface area contributed by atoms with Gasteiger partial charge in [-0.05, 0) is 36.6 Å². The first-order valence-electron chi connectivity index (χ1n) is 8.07. The number of aromatic nitrogens is 1. The average molecular weight is 332 g/mol. The molecule has 0 radical (unpaired) electrons. The van der Waals surface area contributed by atoms with Crippen molar-refractivity contribution in [2.75, 3.05) is 11.9 Å². The Morgan fingerprint density at radius 1 is 1.30 bits per heavy atom. The summed E-state index contributed by atoms with van der Waals surface area (Å²) in [6, 6.07) is 7.91. The number of rotatable bonds is 8. The molecule has 2 rings (SSSR count). The van der Waals surface area contributed by atoms with Crippen LogP contribution in [0.1, 0.15) is 40.0 Å². The molecule has 0 saturated carbocycles. The van der Waals surface area contributed by atoms with Gasteiger partial charge in [0, 0.05) is 17.4 Å². The highest BCUT2D eigenvalue weighted by Crippen LogP contribution is 2.26. The Balaban J connectivity index is 1.95. The van der Waals surface area contributed by atoms with E-state index in [2.05, 4.69) is 17.2 Å². The van der Waals surface area contributed by atoms with Gasteiger partial charge in [0.2, 0.25) is 5.91 Å². The Labute approximate surface area is 141 Å². The van der Waals surface area contributed by atoms with Gasteiger partial charge >= 0.3 is 0 Å². The maximum absolute atomic E-state index is 11.8. The van der Waals surface area contributed by atoms with Gasteiger partial charge in [-0.15, -0.1) is 11.3 Å². The topological polar surface area (TPSA) is 51.2 Å². The molecule has 0 saturated heterocycles. The summed E-state index contributed by atoms with van der Waals surface area (Å²) in [6.45, 7) is 6.94. The van der Waals surface area contributed by atoms with Gasteiger partial charge in [-0.25, -0.2) is 4.98 Å². The predicted molar refractivity (Wildman–Crippen MR) is 96.0 cm³/mol. The summed E-state index contributed by atoms with van der Waals surface area (Å²) in [5.41, 5.74) is 1.89. The number of hydrogen-bond donors (Lipinski definition) is 1. The summed E-state index contributed by atoms with van der Waals surface area (Å²) in [4.78, 5) is 16.3. The van der Waals surface area contributed by atoms with Crippen molar-refractivity contribution in [2.45, 2.75) is 40.0 Å². The molecule has 5 heteroatoms. The van der Waals surface area contributed by atoms with Crippen LogP contribution in [0.25, 0.3) is 11.3 Å². The van der Waals surface area contributed by atoms with E-state index in [1.807, 2.05) is 43.5 Å². The molecule has 0 unspecified atom stereocenters. The van der Waals surface area contributed by atoms with E-state index in [9.17, 15) is 4.79 Å². The fraction of sp³-hybridized carbons (Fsp3) is 0.444. The van der Waals surface area contributed by atoms with Crippen LogP contribution in [0.3, 0.4) is 0 Å². The summed E-state index contributed by atoms with van der Waals surface area (Å²) in [5.74, 6) is 1.23. The Bertz CT molecular complexity index is 620. The van der Waals surface area contributed by atoms with Gasteiger partial charge in [-0.1, -0.05) is 27.2 Å². The molecule has 1 heterocycles. The highest BCUT2D eigenvalue weighted by atomic mass is 32.1. The van der Waals surface area contributed by atoms with Gasteiger partial charge in [-0.3, -0.25) is 4.79 Å². The molecule has 0 aliphatic rings. The highest BCUT2D eigenvalue weighted by molar-refractivity contribution is 7.14. The summed E-state index contributed by atoms with van der Waals surface area (Å²) in [6.07, 6.45) is 2.70. The summed E-state index contributed by atoms with van der Waals surface area (Å²) >= 11 is 1.45. The fourth-order valence-electron chi connectivity index (χ4n) is 2.06. The van der Waals surface area contributed by atoms with Crippen LogP contribution < -0.4 is 10.1 Å². The van der Waals surface area contributed by atoms with Crippen LogP contribution in [0.2, 0.25) is 0 Å². The molecule has 0 fully saturated rings. The van der Waals surface area contributed by atoms with E-state index in [0.717, 1.165) is 36.5 Å². The molecule has 1 N–H and O–H groups in total. The van der Waals surface area contributed by atoms with E-state index in [0.29, 0.717) is 17.5 Å². The van der Waals surface area contributed by atoms with E-state index in [4.69, 9.17) is 4.74 Å². The normalized spacial score (nSPS) is 10.8. The first kappa shape index (κ1) is 17.5. The maximum atomic E-state index is 11.8. The molecule has 0 spiro atoms. The number of hydrogen-bond acceptors (Lipinski definition) is 4. The van der Waals surface area contributed by atoms with Crippen molar-refractivity contribution in [3.63, 3.8) is 0 Å². The van der Waals surface area contributed by atoms with Gasteiger partial charge in [0.15, 0.2) is 5.13 Å². The molecule has 2 aromatic rings. The first-order chi connectivity index (χ1) is 11.1. The maximum Gasteiger partial charge on any atom is 0.226 e. The summed E-state index contributed by atoms with van der Waals surface area (Å²) in [5, 5.41) is 5.46. The Kier molecular flexibility index (Phi) is 6.59. The molecular formula is C18H24N2O2S. The molecule has 124 valence electrons. The second kappa shape index (κ2) is 8.67. The smallest absolute Gasteiger partial charge is 0.226 e. The molecular weight excluding hydrogens is 308 g/mol. The van der Waals surface area contributed by atoms with E-state index in [-0.39, 0.29) is 5.91 Å². The lowest BCUT2D eigenvalue weighted by Gasteiger charge is -2.05. The standard InChI is InChI=1S/C18H24N2O2S/c1-4-5-10-22-15-8-6-14(7-9-15)16-12-23-18(19-16)20-17(21)11-13(2)3/h6-9,12-13H,4-5,10-11H2,1-3H3,(H,19,20,21). The van der Waals surface area contributed by atoms with E-state index in [1.54, 1.807) is 0 Å². The van der Waals surface area contributed by atoms with Crippen LogP contribution in [0.15, 0.2) is 29.6 Å². The third-order valence-corrected chi connectivity index (χ3v) is 4.02. The molecule has 4 nitrogen and oxygen atoms in total. The Morgan fingerprint density at radius 2 is 2.04 bits per heavy atom. The second-order valence-electron chi connectivity index (χ2n) is 5.91. The van der Waals surface area contributed by atoms with Crippen LogP contribution in [0, 0.1) is 5.92 Å². The van der Waals surface area contributed by atoms with E-state index < -0.39 is 0 Å². The number of carbonyl (C=O) groups excluding carboxylic acids is 1. The first-order valence-corrected chi connectivity index (χ1v) is 8.95. The van der Waals surface area contributed by atoms with Crippen LogP contribution in [-0.2, 0) is 4.79 Å². The van der Waals surface area contributed by atoms with Crippen molar-refractivity contribution >= 4 is 22.4 Å². The molecule has 0 aliphatic heterocycles. The van der Waals surface area contributed by atoms with Crippen molar-refractivity contribution in [1.82, 2.24) is 4.98 Å². The Hall–Kier alpha value is -1.88. The number of thiazole rings is 1. The predicted octanol–water partition coefficient (Wildman–Crippen LogP) is 4.97. The number of nitrogens with one attached hydrogen (secondary N) is 1. The minimum atomic E-state index is 0.0144. The molecule has 1 aromatic heterocycles. The number of nitrogens with zero attached hydrogens (tertiary/aromatic N) is 1. The third-order valence-electron chi connectivity index (χ3n) is 3.26. The average Bonchev–Trinajstić information content (AvgIpc) is 2.95. The van der Waals surface area contributed by atoms with Gasteiger partial charge in [0.05, 0.1) is 12.3 Å². The number of anilines is 1. The zero-order valence-electron chi connectivity index (χ0n) is 14.0. The van der Waals surface area contributed by atoms with Crippen LogP contribution in [-0.4, -0.2) is 17.5 Å². The summed E-state index contributed by atoms with van der Waals surface area (Å²) < 4.78 is 5.66. The lowest BCUT2D eigenvalue weighted by Crippen LogP contribution is -2.13. The number of benzene rings is 1. The van der Waals surface area contributed by atoms with E-state index in [1.165, 1.54) is 11.3 Å². The van der Waals surface area contributed by atoms with Crippen LogP contribution >= 0.6 is 11.3 Å². The molecule has 23 heavy (non-hydrogen) atoms. The van der Waals surface area contributed by atoms with Gasteiger partial charge < -0.3 is 10.1 Å². The van der Waals surface area contributed by atoms with E-state index >= 15 is 0 Å². The van der Waals surface area contributed by atoms with Crippen LogP contribution in [0.4, 0.5) is 5.13 Å². The Morgan fingerprint density at radius 3 is 2.70 bits per heavy atom. The van der Waals surface area contributed by atoms with Crippen molar-refractivity contribution < 1.29 is 9.53 Å². The zero-order valence-corrected chi connectivity index (χ0v) is 14.8. The van der Waals surface area contributed by atoms with Gasteiger partial charge in [0.1, 0.15) is 5.75 Å². The van der Waals surface area contributed by atoms with Crippen molar-refractivity contribution in [2.24, 2.45) is 5.92 Å². The van der Waals surface area contributed by atoms with Crippen molar-refractivity contribution in [3.05, 3.63) is 29.6 Å². The molecule has 1 amide bonds. The quantitative estimate of drug-likeness (QED) is 0.694. The van der Waals surface area contributed by atoms with Crippen LogP contribution in [0.5, 0.6) is 5.75 Å². The number of unbranched alkanes of at least 4 members (excludes halogenated alkanes) is 1. The lowest BCUT2D eigenvalue weighted by molar-refractivity contribution is -0.116. The van der Waals surface area contributed by atoms with Gasteiger partial charge in [-0.2, -0.15) is 0 Å². The minimum Gasteiger partial charge on any atom is -0.494 e. The molecule has 0 bridgehead atoms.